The predicted molar refractivity (Wildman–Crippen MR) is 77.2 cm³/mol. The van der Waals surface area contributed by atoms with Gasteiger partial charge in [0.1, 0.15) is 0 Å². The van der Waals surface area contributed by atoms with E-state index >= 15 is 0 Å². The molecule has 1 unspecified atom stereocenters. The standard InChI is InChI=1S/C16H19NO3/c18-9-2-1-5-13-6-3-8-15(11-13)17-16(19)14-7-4-10-20-12-14/h3,6,8,11,14,18H,2,4,7,9-10,12H2,(H,17,19). The highest BCUT2D eigenvalue weighted by Gasteiger charge is 2.21. The van der Waals surface area contributed by atoms with Crippen molar-refractivity contribution in [2.24, 2.45) is 5.92 Å². The normalized spacial score (nSPS) is 17.9. The fraction of sp³-hybridized carbons (Fsp3) is 0.438. The highest BCUT2D eigenvalue weighted by Crippen LogP contribution is 2.17. The molecule has 2 rings (SSSR count). The third kappa shape index (κ3) is 4.37. The first-order valence-electron chi connectivity index (χ1n) is 6.88. The third-order valence-electron chi connectivity index (χ3n) is 3.13. The SMILES string of the molecule is O=C(Nc1cccc(C#CCCO)c1)C1CCCOC1. The van der Waals surface area contributed by atoms with Crippen LogP contribution in [0.15, 0.2) is 24.3 Å². The van der Waals surface area contributed by atoms with Gasteiger partial charge >= 0.3 is 0 Å². The van der Waals surface area contributed by atoms with Gasteiger partial charge in [0.2, 0.25) is 5.91 Å². The first-order chi connectivity index (χ1) is 9.79. The number of hydrogen-bond acceptors (Lipinski definition) is 3. The van der Waals surface area contributed by atoms with Crippen molar-refractivity contribution in [3.8, 4) is 11.8 Å². The maximum Gasteiger partial charge on any atom is 0.229 e. The molecule has 0 saturated carbocycles. The van der Waals surface area contributed by atoms with Gasteiger partial charge in [-0.15, -0.1) is 0 Å². The Morgan fingerprint density at radius 1 is 1.50 bits per heavy atom. The third-order valence-corrected chi connectivity index (χ3v) is 3.13. The first-order valence-corrected chi connectivity index (χ1v) is 6.88. The summed E-state index contributed by atoms with van der Waals surface area (Å²) < 4.78 is 5.32. The van der Waals surface area contributed by atoms with Gasteiger partial charge in [0, 0.05) is 24.3 Å². The summed E-state index contributed by atoms with van der Waals surface area (Å²) in [5.74, 6) is 5.76. The lowest BCUT2D eigenvalue weighted by atomic mass is 10.0. The molecule has 4 nitrogen and oxygen atoms in total. The molecule has 20 heavy (non-hydrogen) atoms. The Morgan fingerprint density at radius 2 is 2.40 bits per heavy atom. The summed E-state index contributed by atoms with van der Waals surface area (Å²) in [7, 11) is 0. The zero-order chi connectivity index (χ0) is 14.2. The van der Waals surface area contributed by atoms with Gasteiger partial charge in [-0.25, -0.2) is 0 Å². The van der Waals surface area contributed by atoms with E-state index in [-0.39, 0.29) is 18.4 Å². The Morgan fingerprint density at radius 3 is 3.15 bits per heavy atom. The summed E-state index contributed by atoms with van der Waals surface area (Å²) in [4.78, 5) is 12.1. The molecule has 1 heterocycles. The highest BCUT2D eigenvalue weighted by molar-refractivity contribution is 5.92. The molecule has 1 aliphatic heterocycles. The molecule has 1 atom stereocenters. The molecule has 1 fully saturated rings. The summed E-state index contributed by atoms with van der Waals surface area (Å²) >= 11 is 0. The minimum Gasteiger partial charge on any atom is -0.395 e. The van der Waals surface area contributed by atoms with E-state index in [2.05, 4.69) is 17.2 Å². The van der Waals surface area contributed by atoms with Crippen LogP contribution >= 0.6 is 0 Å². The van der Waals surface area contributed by atoms with Crippen molar-refractivity contribution in [3.63, 3.8) is 0 Å². The second-order valence-electron chi connectivity index (χ2n) is 4.76. The Bertz CT molecular complexity index is 510. The second-order valence-corrected chi connectivity index (χ2v) is 4.76. The maximum absolute atomic E-state index is 12.1. The number of anilines is 1. The van der Waals surface area contributed by atoms with E-state index in [1.165, 1.54) is 0 Å². The van der Waals surface area contributed by atoms with Crippen LogP contribution < -0.4 is 5.32 Å². The first kappa shape index (κ1) is 14.6. The molecule has 1 aliphatic rings. The van der Waals surface area contributed by atoms with E-state index < -0.39 is 0 Å². The number of benzene rings is 1. The zero-order valence-corrected chi connectivity index (χ0v) is 11.4. The zero-order valence-electron chi connectivity index (χ0n) is 11.4. The van der Waals surface area contributed by atoms with Crippen LogP contribution in [0.25, 0.3) is 0 Å². The monoisotopic (exact) mass is 273 g/mol. The number of hydrogen-bond donors (Lipinski definition) is 2. The van der Waals surface area contributed by atoms with E-state index in [4.69, 9.17) is 9.84 Å². The van der Waals surface area contributed by atoms with Crippen LogP contribution in [0.2, 0.25) is 0 Å². The molecule has 106 valence electrons. The van der Waals surface area contributed by atoms with Gasteiger partial charge in [0.25, 0.3) is 0 Å². The van der Waals surface area contributed by atoms with Crippen LogP contribution in [0.5, 0.6) is 0 Å². The number of aliphatic hydroxyl groups excluding tert-OH is 1. The number of nitrogens with one attached hydrogen (secondary N) is 1. The Balaban J connectivity index is 1.97. The van der Waals surface area contributed by atoms with Crippen LogP contribution in [-0.4, -0.2) is 30.8 Å². The molecule has 0 aliphatic carbocycles. The van der Waals surface area contributed by atoms with E-state index in [1.54, 1.807) is 0 Å². The summed E-state index contributed by atoms with van der Waals surface area (Å²) in [5.41, 5.74) is 1.58. The van der Waals surface area contributed by atoms with Crippen LogP contribution in [0.3, 0.4) is 0 Å². The molecule has 1 aromatic rings. The molecule has 1 amide bonds. The van der Waals surface area contributed by atoms with Crippen LogP contribution in [0, 0.1) is 17.8 Å². The van der Waals surface area contributed by atoms with Gasteiger partial charge in [0.05, 0.1) is 19.1 Å². The minimum absolute atomic E-state index is 0.00478. The Labute approximate surface area is 119 Å². The van der Waals surface area contributed by atoms with Crippen molar-refractivity contribution < 1.29 is 14.6 Å². The molecule has 2 N–H and O–H groups in total. The highest BCUT2D eigenvalue weighted by atomic mass is 16.5. The lowest BCUT2D eigenvalue weighted by Gasteiger charge is -2.21. The molecule has 1 aromatic carbocycles. The maximum atomic E-state index is 12.1. The smallest absolute Gasteiger partial charge is 0.229 e. The van der Waals surface area contributed by atoms with Crippen molar-refractivity contribution >= 4 is 11.6 Å². The van der Waals surface area contributed by atoms with Crippen molar-refractivity contribution in [1.29, 1.82) is 0 Å². The molecule has 0 spiro atoms. The van der Waals surface area contributed by atoms with Crippen LogP contribution in [0.4, 0.5) is 5.69 Å². The van der Waals surface area contributed by atoms with Crippen molar-refractivity contribution in [1.82, 2.24) is 0 Å². The van der Waals surface area contributed by atoms with E-state index in [0.29, 0.717) is 13.0 Å². The topological polar surface area (TPSA) is 58.6 Å². The van der Waals surface area contributed by atoms with Crippen molar-refractivity contribution in [2.45, 2.75) is 19.3 Å². The largest absolute Gasteiger partial charge is 0.395 e. The predicted octanol–water partition coefficient (Wildman–Crippen LogP) is 1.79. The number of amides is 1. The minimum atomic E-state index is -0.0621. The van der Waals surface area contributed by atoms with E-state index in [9.17, 15) is 4.79 Å². The molecule has 0 bridgehead atoms. The Kier molecular flexibility index (Phi) is 5.60. The number of rotatable bonds is 3. The number of carbonyl (C=O) groups is 1. The fourth-order valence-electron chi connectivity index (χ4n) is 2.09. The van der Waals surface area contributed by atoms with Gasteiger partial charge in [0.15, 0.2) is 0 Å². The van der Waals surface area contributed by atoms with E-state index in [1.807, 2.05) is 24.3 Å². The van der Waals surface area contributed by atoms with Crippen molar-refractivity contribution in [3.05, 3.63) is 29.8 Å². The fourth-order valence-corrected chi connectivity index (χ4v) is 2.09. The average molecular weight is 273 g/mol. The second kappa shape index (κ2) is 7.68. The summed E-state index contributed by atoms with van der Waals surface area (Å²) in [6, 6.07) is 7.42. The molecule has 0 radical (unpaired) electrons. The molecule has 0 aromatic heterocycles. The van der Waals surface area contributed by atoms with Gasteiger partial charge < -0.3 is 15.2 Å². The number of carbonyl (C=O) groups excluding carboxylic acids is 1. The molecular weight excluding hydrogens is 254 g/mol. The quantitative estimate of drug-likeness (QED) is 0.825. The average Bonchev–Trinajstić information content (AvgIpc) is 2.49. The molecule has 1 saturated heterocycles. The lowest BCUT2D eigenvalue weighted by Crippen LogP contribution is -2.30. The summed E-state index contributed by atoms with van der Waals surface area (Å²) in [6.07, 6.45) is 2.27. The molecule has 4 heteroatoms. The van der Waals surface area contributed by atoms with Crippen LogP contribution in [0.1, 0.15) is 24.8 Å². The lowest BCUT2D eigenvalue weighted by molar-refractivity contribution is -0.123. The van der Waals surface area contributed by atoms with Gasteiger partial charge in [-0.1, -0.05) is 17.9 Å². The van der Waals surface area contributed by atoms with E-state index in [0.717, 1.165) is 30.7 Å². The summed E-state index contributed by atoms with van der Waals surface area (Å²) in [5, 5.41) is 11.6. The van der Waals surface area contributed by atoms with Crippen molar-refractivity contribution in [2.75, 3.05) is 25.1 Å². The number of ether oxygens (including phenoxy) is 1. The summed E-state index contributed by atoms with van der Waals surface area (Å²) in [6.45, 7) is 1.31. The van der Waals surface area contributed by atoms with Gasteiger partial charge in [-0.05, 0) is 31.0 Å². The van der Waals surface area contributed by atoms with Gasteiger partial charge in [-0.3, -0.25) is 4.79 Å². The van der Waals surface area contributed by atoms with Crippen LogP contribution in [-0.2, 0) is 9.53 Å². The molecular formula is C16H19NO3. The van der Waals surface area contributed by atoms with Gasteiger partial charge in [-0.2, -0.15) is 0 Å². The Hall–Kier alpha value is -1.83. The number of aliphatic hydroxyl groups is 1.